The number of nitrogens with two attached hydrogens (primary N) is 1. The molecule has 2 aromatic rings. The second kappa shape index (κ2) is 7.67. The summed E-state index contributed by atoms with van der Waals surface area (Å²) in [7, 11) is 0. The Balaban J connectivity index is 1.62. The summed E-state index contributed by atoms with van der Waals surface area (Å²) < 4.78 is 13.7. The maximum Gasteiger partial charge on any atom is 0.161 e. The zero-order valence-electron chi connectivity index (χ0n) is 18.2. The Labute approximate surface area is 195 Å². The second-order valence-electron chi connectivity index (χ2n) is 9.05. The van der Waals surface area contributed by atoms with Gasteiger partial charge in [0, 0.05) is 22.6 Å². The number of ketones is 1. The highest BCUT2D eigenvalue weighted by Crippen LogP contribution is 2.52. The molecule has 0 bridgehead atoms. The van der Waals surface area contributed by atoms with E-state index in [-0.39, 0.29) is 11.6 Å². The van der Waals surface area contributed by atoms with Crippen molar-refractivity contribution in [2.24, 2.45) is 10.7 Å². The maximum atomic E-state index is 13.7. The van der Waals surface area contributed by atoms with Crippen LogP contribution in [0.4, 0.5) is 9.39 Å². The molecule has 6 rings (SSSR count). The van der Waals surface area contributed by atoms with Gasteiger partial charge < -0.3 is 5.73 Å². The molecule has 0 amide bonds. The number of hydrogen-bond acceptors (Lipinski definition) is 6. The van der Waals surface area contributed by atoms with Crippen LogP contribution in [-0.4, -0.2) is 11.6 Å². The number of benzene rings is 1. The topological polar surface area (TPSA) is 82.5 Å². The normalized spacial score (nSPS) is 22.1. The summed E-state index contributed by atoms with van der Waals surface area (Å²) in [4.78, 5) is 21.5. The number of amidine groups is 1. The Bertz CT molecular complexity index is 1330. The molecule has 7 heteroatoms. The van der Waals surface area contributed by atoms with Crippen molar-refractivity contribution < 1.29 is 9.18 Å². The number of aliphatic imine (C=N–C) groups is 1. The van der Waals surface area contributed by atoms with Crippen LogP contribution in [0.1, 0.15) is 66.0 Å². The Morgan fingerprint density at radius 3 is 2.67 bits per heavy atom. The molecule has 0 saturated heterocycles. The number of allylic oxidation sites excluding steroid dienone is 3. The summed E-state index contributed by atoms with van der Waals surface area (Å²) in [5, 5.41) is 11.3. The molecular weight excluding hydrogens is 435 g/mol. The van der Waals surface area contributed by atoms with Crippen molar-refractivity contribution >= 4 is 28.0 Å². The van der Waals surface area contributed by atoms with E-state index in [2.05, 4.69) is 11.0 Å². The van der Waals surface area contributed by atoms with Crippen LogP contribution in [0.3, 0.4) is 0 Å². The Morgan fingerprint density at radius 1 is 1.09 bits per heavy atom. The van der Waals surface area contributed by atoms with Gasteiger partial charge in [0.15, 0.2) is 11.6 Å². The molecule has 0 radical (unpaired) electrons. The van der Waals surface area contributed by atoms with E-state index in [1.54, 1.807) is 23.5 Å². The van der Waals surface area contributed by atoms with Crippen LogP contribution in [0.5, 0.6) is 0 Å². The van der Waals surface area contributed by atoms with E-state index < -0.39 is 5.92 Å². The van der Waals surface area contributed by atoms with Crippen LogP contribution in [-0.2, 0) is 17.6 Å². The first-order chi connectivity index (χ1) is 16.1. The number of hydrogen-bond donors (Lipinski definition) is 1. The van der Waals surface area contributed by atoms with Crippen molar-refractivity contribution in [3.05, 3.63) is 74.3 Å². The molecule has 2 aliphatic carbocycles. The van der Waals surface area contributed by atoms with Gasteiger partial charge >= 0.3 is 0 Å². The summed E-state index contributed by atoms with van der Waals surface area (Å²) in [5.41, 5.74) is 11.5. The lowest BCUT2D eigenvalue weighted by atomic mass is 9.75. The molecule has 1 aromatic carbocycles. The third-order valence-electron chi connectivity index (χ3n) is 7.14. The summed E-state index contributed by atoms with van der Waals surface area (Å²) in [6.45, 7) is 0. The molecule has 4 aliphatic rings. The summed E-state index contributed by atoms with van der Waals surface area (Å²) in [6, 6.07) is 8.42. The van der Waals surface area contributed by atoms with E-state index in [1.807, 2.05) is 0 Å². The molecule has 166 valence electrons. The fraction of sp³-hybridized carbons (Fsp3) is 0.346. The zero-order chi connectivity index (χ0) is 22.7. The van der Waals surface area contributed by atoms with Crippen molar-refractivity contribution in [2.75, 3.05) is 4.90 Å². The Kier molecular flexibility index (Phi) is 4.73. The minimum Gasteiger partial charge on any atom is -0.383 e. The van der Waals surface area contributed by atoms with Crippen LogP contribution in [0, 0.1) is 17.1 Å². The van der Waals surface area contributed by atoms with Crippen LogP contribution < -0.4 is 10.6 Å². The first kappa shape index (κ1) is 20.4. The van der Waals surface area contributed by atoms with Gasteiger partial charge in [-0.3, -0.25) is 9.69 Å². The standard InChI is InChI=1S/C26H23FN4OS/c27-15-11-9-14(10-12-15)21-17(13-28)25-30-24(29)22-16-5-2-1-3-8-20(16)33-26(22)31(25)18-6-4-7-19(32)23(18)21/h9-12,21H,1-8H2,(H2,29,30)/t21-/m1/s1. The number of nitrogens with zero attached hydrogens (tertiary/aromatic N) is 3. The van der Waals surface area contributed by atoms with Gasteiger partial charge in [0.25, 0.3) is 0 Å². The Hall–Kier alpha value is -3.24. The highest BCUT2D eigenvalue weighted by atomic mass is 32.1. The van der Waals surface area contributed by atoms with Crippen LogP contribution in [0.25, 0.3) is 0 Å². The Morgan fingerprint density at radius 2 is 1.88 bits per heavy atom. The van der Waals surface area contributed by atoms with E-state index in [9.17, 15) is 14.4 Å². The van der Waals surface area contributed by atoms with Gasteiger partial charge in [-0.1, -0.05) is 18.6 Å². The average molecular weight is 459 g/mol. The third kappa shape index (κ3) is 3.01. The number of nitriles is 1. The lowest BCUT2D eigenvalue weighted by Gasteiger charge is -2.40. The van der Waals surface area contributed by atoms with Gasteiger partial charge in [-0.15, -0.1) is 11.3 Å². The van der Waals surface area contributed by atoms with Gasteiger partial charge in [0.2, 0.25) is 0 Å². The molecular formula is C26H23FN4OS. The molecule has 1 aromatic heterocycles. The second-order valence-corrected chi connectivity index (χ2v) is 10.1. The van der Waals surface area contributed by atoms with E-state index in [0.29, 0.717) is 29.2 Å². The van der Waals surface area contributed by atoms with Gasteiger partial charge in [-0.05, 0) is 61.8 Å². The monoisotopic (exact) mass is 458 g/mol. The molecule has 0 saturated carbocycles. The molecule has 5 nitrogen and oxygen atoms in total. The number of anilines is 1. The predicted molar refractivity (Wildman–Crippen MR) is 126 cm³/mol. The van der Waals surface area contributed by atoms with Gasteiger partial charge in [-0.25, -0.2) is 9.38 Å². The molecule has 0 unspecified atom stereocenters. The largest absolute Gasteiger partial charge is 0.383 e. The highest BCUT2D eigenvalue weighted by molar-refractivity contribution is 7.17. The zero-order valence-corrected chi connectivity index (χ0v) is 19.0. The van der Waals surface area contributed by atoms with Crippen LogP contribution in [0.15, 0.2) is 51.9 Å². The van der Waals surface area contributed by atoms with Crippen LogP contribution in [0.2, 0.25) is 0 Å². The highest BCUT2D eigenvalue weighted by Gasteiger charge is 2.44. The quantitative estimate of drug-likeness (QED) is 0.594. The van der Waals surface area contributed by atoms with E-state index in [0.717, 1.165) is 60.3 Å². The van der Waals surface area contributed by atoms with E-state index in [4.69, 9.17) is 10.7 Å². The summed E-state index contributed by atoms with van der Waals surface area (Å²) >= 11 is 1.74. The first-order valence-corrected chi connectivity index (χ1v) is 12.3. The SMILES string of the molecule is N#CC1=C2N=C(N)c3c(sc4c3CCCCC4)N2C2=C(C(=O)CCC2)[C@@H]1c1ccc(F)cc1. The number of carbonyl (C=O) groups excluding carboxylic acids is 1. The lowest BCUT2D eigenvalue weighted by Crippen LogP contribution is -2.38. The molecule has 1 atom stereocenters. The van der Waals surface area contributed by atoms with Crippen LogP contribution >= 0.6 is 11.3 Å². The average Bonchev–Trinajstić information content (AvgIpc) is 3.02. The van der Waals surface area contributed by atoms with Crippen molar-refractivity contribution in [3.63, 3.8) is 0 Å². The number of aryl methyl sites for hydroxylation is 1. The van der Waals surface area contributed by atoms with E-state index >= 15 is 0 Å². The molecule has 0 spiro atoms. The number of fused-ring (bicyclic) bond motifs is 6. The number of thiophene rings is 1. The fourth-order valence-corrected chi connectivity index (χ4v) is 7.11. The van der Waals surface area contributed by atoms with Crippen molar-refractivity contribution in [2.45, 2.75) is 57.3 Å². The minimum atomic E-state index is -0.555. The molecule has 3 heterocycles. The van der Waals surface area contributed by atoms with Gasteiger partial charge in [0.05, 0.1) is 23.1 Å². The summed E-state index contributed by atoms with van der Waals surface area (Å²) in [5.74, 6) is 0.116. The smallest absolute Gasteiger partial charge is 0.161 e. The number of halogens is 1. The number of carbonyl (C=O) groups is 1. The lowest BCUT2D eigenvalue weighted by molar-refractivity contribution is -0.116. The molecule has 0 fully saturated rings. The van der Waals surface area contributed by atoms with Crippen molar-refractivity contribution in [1.82, 2.24) is 0 Å². The van der Waals surface area contributed by atoms with Gasteiger partial charge in [-0.2, -0.15) is 5.26 Å². The minimum absolute atomic E-state index is 0.0552. The first-order valence-electron chi connectivity index (χ1n) is 11.5. The predicted octanol–water partition coefficient (Wildman–Crippen LogP) is 5.22. The maximum absolute atomic E-state index is 13.7. The number of rotatable bonds is 1. The van der Waals surface area contributed by atoms with Crippen molar-refractivity contribution in [3.8, 4) is 6.07 Å². The number of Topliss-reactive ketones (excluding diaryl/α,β-unsaturated/α-hetero) is 1. The van der Waals surface area contributed by atoms with Gasteiger partial charge in [0.1, 0.15) is 16.7 Å². The summed E-state index contributed by atoms with van der Waals surface area (Å²) in [6.07, 6.45) is 7.47. The third-order valence-corrected chi connectivity index (χ3v) is 8.42. The molecule has 2 aliphatic heterocycles. The van der Waals surface area contributed by atoms with E-state index in [1.165, 1.54) is 29.0 Å². The molecule has 2 N–H and O–H groups in total. The molecule has 33 heavy (non-hydrogen) atoms. The fourth-order valence-electron chi connectivity index (χ4n) is 5.68. The van der Waals surface area contributed by atoms with Crippen molar-refractivity contribution in [1.29, 1.82) is 5.26 Å².